The van der Waals surface area contributed by atoms with Crippen LogP contribution in [-0.2, 0) is 6.42 Å². The molecule has 4 heteroatoms. The molecule has 2 aromatic rings. The predicted molar refractivity (Wildman–Crippen MR) is 83.9 cm³/mol. The third-order valence-corrected chi connectivity index (χ3v) is 3.80. The molecule has 1 atom stereocenters. The maximum absolute atomic E-state index is 14.0. The zero-order valence-electron chi connectivity index (χ0n) is 11.7. The van der Waals surface area contributed by atoms with Gasteiger partial charge in [0.15, 0.2) is 5.96 Å². The highest BCUT2D eigenvalue weighted by Crippen LogP contribution is 2.26. The molecule has 1 heterocycles. The highest BCUT2D eigenvalue weighted by atomic mass is 19.1. The van der Waals surface area contributed by atoms with Gasteiger partial charge in [-0.05, 0) is 30.5 Å². The Morgan fingerprint density at radius 3 is 2.57 bits per heavy atom. The summed E-state index contributed by atoms with van der Waals surface area (Å²) in [5.41, 5.74) is 7.73. The van der Waals surface area contributed by atoms with Gasteiger partial charge < -0.3 is 10.6 Å². The van der Waals surface area contributed by atoms with Crippen molar-refractivity contribution in [3.05, 3.63) is 66.0 Å². The topological polar surface area (TPSA) is 41.6 Å². The number of para-hydroxylation sites is 1. The lowest BCUT2D eigenvalue weighted by Crippen LogP contribution is -2.41. The van der Waals surface area contributed by atoms with Gasteiger partial charge in [0, 0.05) is 0 Å². The van der Waals surface area contributed by atoms with Crippen LogP contribution in [0.25, 0.3) is 0 Å². The number of anilines is 1. The first kappa shape index (κ1) is 13.6. The van der Waals surface area contributed by atoms with Gasteiger partial charge >= 0.3 is 0 Å². The van der Waals surface area contributed by atoms with Crippen LogP contribution in [0.2, 0.25) is 0 Å². The standard InChI is InChI=1S/C17H18FN3/c18-15-8-4-5-9-16(15)21-14(12-20-17(21)19)11-10-13-6-2-1-3-7-13/h1-9,14H,10-12H2,(H2,19,20). The summed E-state index contributed by atoms with van der Waals surface area (Å²) in [5.74, 6) is 0.139. The normalized spacial score (nSPS) is 17.9. The van der Waals surface area contributed by atoms with Crippen molar-refractivity contribution in [2.75, 3.05) is 11.4 Å². The number of nitrogens with zero attached hydrogens (tertiary/aromatic N) is 2. The number of aliphatic imine (C=N–C) groups is 1. The van der Waals surface area contributed by atoms with Crippen LogP contribution in [0.1, 0.15) is 12.0 Å². The van der Waals surface area contributed by atoms with E-state index in [0.29, 0.717) is 18.2 Å². The maximum atomic E-state index is 14.0. The van der Waals surface area contributed by atoms with E-state index < -0.39 is 0 Å². The number of benzene rings is 2. The maximum Gasteiger partial charge on any atom is 0.196 e. The van der Waals surface area contributed by atoms with Crippen LogP contribution in [0.4, 0.5) is 10.1 Å². The van der Waals surface area contributed by atoms with E-state index in [1.165, 1.54) is 11.6 Å². The number of rotatable bonds is 4. The average molecular weight is 283 g/mol. The fraction of sp³-hybridized carbons (Fsp3) is 0.235. The summed E-state index contributed by atoms with van der Waals surface area (Å²) in [6.07, 6.45) is 1.82. The largest absolute Gasteiger partial charge is 0.370 e. The van der Waals surface area contributed by atoms with Gasteiger partial charge in [0.25, 0.3) is 0 Å². The molecule has 0 fully saturated rings. The first-order chi connectivity index (χ1) is 10.3. The molecule has 1 aliphatic heterocycles. The molecule has 2 aromatic carbocycles. The smallest absolute Gasteiger partial charge is 0.196 e. The number of aryl methyl sites for hydroxylation is 1. The first-order valence-electron chi connectivity index (χ1n) is 7.13. The number of hydrogen-bond acceptors (Lipinski definition) is 3. The number of halogens is 1. The van der Waals surface area contributed by atoms with Crippen molar-refractivity contribution in [2.24, 2.45) is 10.7 Å². The SMILES string of the molecule is NC1=NCC(CCc2ccccc2)N1c1ccccc1F. The third-order valence-electron chi connectivity index (χ3n) is 3.80. The van der Waals surface area contributed by atoms with Crippen LogP contribution < -0.4 is 10.6 Å². The van der Waals surface area contributed by atoms with E-state index in [0.717, 1.165) is 12.8 Å². The lowest BCUT2D eigenvalue weighted by atomic mass is 10.0. The minimum absolute atomic E-state index is 0.113. The predicted octanol–water partition coefficient (Wildman–Crippen LogP) is 2.96. The zero-order valence-corrected chi connectivity index (χ0v) is 11.7. The molecule has 3 nitrogen and oxygen atoms in total. The molecule has 0 radical (unpaired) electrons. The lowest BCUT2D eigenvalue weighted by Gasteiger charge is -2.26. The summed E-state index contributed by atoms with van der Waals surface area (Å²) in [6, 6.07) is 17.1. The quantitative estimate of drug-likeness (QED) is 0.937. The summed E-state index contributed by atoms with van der Waals surface area (Å²) in [6.45, 7) is 0.618. The second-order valence-electron chi connectivity index (χ2n) is 5.20. The first-order valence-corrected chi connectivity index (χ1v) is 7.13. The Morgan fingerprint density at radius 1 is 1.10 bits per heavy atom. The molecular weight excluding hydrogens is 265 g/mol. The molecule has 1 aliphatic rings. The van der Waals surface area contributed by atoms with Crippen molar-refractivity contribution in [3.8, 4) is 0 Å². The molecule has 0 saturated carbocycles. The van der Waals surface area contributed by atoms with E-state index in [4.69, 9.17) is 5.73 Å². The summed E-state index contributed by atoms with van der Waals surface area (Å²) < 4.78 is 14.0. The second kappa shape index (κ2) is 5.95. The van der Waals surface area contributed by atoms with Crippen molar-refractivity contribution >= 4 is 11.6 Å². The van der Waals surface area contributed by atoms with E-state index in [2.05, 4.69) is 17.1 Å². The van der Waals surface area contributed by atoms with Gasteiger partial charge in [-0.25, -0.2) is 4.39 Å². The highest BCUT2D eigenvalue weighted by molar-refractivity contribution is 5.97. The van der Waals surface area contributed by atoms with Gasteiger partial charge in [0.1, 0.15) is 5.82 Å². The minimum atomic E-state index is -0.262. The summed E-state index contributed by atoms with van der Waals surface area (Å²) >= 11 is 0. The molecule has 0 bridgehead atoms. The molecule has 21 heavy (non-hydrogen) atoms. The second-order valence-corrected chi connectivity index (χ2v) is 5.20. The lowest BCUT2D eigenvalue weighted by molar-refractivity contribution is 0.601. The van der Waals surface area contributed by atoms with Gasteiger partial charge in [-0.15, -0.1) is 0 Å². The monoisotopic (exact) mass is 283 g/mol. The van der Waals surface area contributed by atoms with E-state index in [9.17, 15) is 4.39 Å². The van der Waals surface area contributed by atoms with E-state index in [-0.39, 0.29) is 11.9 Å². The molecule has 0 spiro atoms. The summed E-state index contributed by atoms with van der Waals surface area (Å²) in [5, 5.41) is 0. The Kier molecular flexibility index (Phi) is 3.86. The summed E-state index contributed by atoms with van der Waals surface area (Å²) in [4.78, 5) is 6.10. The number of hydrogen-bond donors (Lipinski definition) is 1. The molecular formula is C17H18FN3. The zero-order chi connectivity index (χ0) is 14.7. The van der Waals surface area contributed by atoms with Gasteiger partial charge in [-0.2, -0.15) is 0 Å². The minimum Gasteiger partial charge on any atom is -0.370 e. The van der Waals surface area contributed by atoms with E-state index in [1.54, 1.807) is 12.1 Å². The Morgan fingerprint density at radius 2 is 1.81 bits per heavy atom. The van der Waals surface area contributed by atoms with Crippen LogP contribution >= 0.6 is 0 Å². The van der Waals surface area contributed by atoms with Gasteiger partial charge in [-0.3, -0.25) is 4.99 Å². The fourth-order valence-corrected chi connectivity index (χ4v) is 2.71. The van der Waals surface area contributed by atoms with Gasteiger partial charge in [0.05, 0.1) is 18.3 Å². The summed E-state index contributed by atoms with van der Waals surface area (Å²) in [7, 11) is 0. The Labute approximate surface area is 123 Å². The van der Waals surface area contributed by atoms with Crippen molar-refractivity contribution in [1.29, 1.82) is 0 Å². The number of guanidine groups is 1. The number of nitrogens with two attached hydrogens (primary N) is 1. The fourth-order valence-electron chi connectivity index (χ4n) is 2.71. The van der Waals surface area contributed by atoms with Crippen LogP contribution in [0.3, 0.4) is 0 Å². The highest BCUT2D eigenvalue weighted by Gasteiger charge is 2.28. The van der Waals surface area contributed by atoms with Gasteiger partial charge in [-0.1, -0.05) is 42.5 Å². The molecule has 0 amide bonds. The van der Waals surface area contributed by atoms with Gasteiger partial charge in [0.2, 0.25) is 0 Å². The van der Waals surface area contributed by atoms with Crippen molar-refractivity contribution in [1.82, 2.24) is 0 Å². The van der Waals surface area contributed by atoms with Crippen molar-refractivity contribution < 1.29 is 4.39 Å². The Bertz CT molecular complexity index is 639. The molecule has 108 valence electrons. The Hall–Kier alpha value is -2.36. The molecule has 1 unspecified atom stereocenters. The van der Waals surface area contributed by atoms with Crippen LogP contribution in [0.15, 0.2) is 59.6 Å². The van der Waals surface area contributed by atoms with Crippen molar-refractivity contribution in [3.63, 3.8) is 0 Å². The van der Waals surface area contributed by atoms with E-state index >= 15 is 0 Å². The molecule has 2 N–H and O–H groups in total. The third kappa shape index (κ3) is 2.89. The molecule has 0 saturated heterocycles. The van der Waals surface area contributed by atoms with Crippen LogP contribution in [0.5, 0.6) is 0 Å². The Balaban J connectivity index is 1.75. The molecule has 0 aliphatic carbocycles. The average Bonchev–Trinajstić information content (AvgIpc) is 2.88. The van der Waals surface area contributed by atoms with Crippen LogP contribution in [-0.4, -0.2) is 18.5 Å². The molecule has 3 rings (SSSR count). The molecule has 0 aromatic heterocycles. The van der Waals surface area contributed by atoms with Crippen molar-refractivity contribution in [2.45, 2.75) is 18.9 Å². The van der Waals surface area contributed by atoms with Crippen LogP contribution in [0, 0.1) is 5.82 Å². The van der Waals surface area contributed by atoms with E-state index in [1.807, 2.05) is 29.2 Å².